The highest BCUT2D eigenvalue weighted by Gasteiger charge is 2.10. The average Bonchev–Trinajstić information content (AvgIpc) is 2.72. The second-order valence-corrected chi connectivity index (χ2v) is 4.10. The van der Waals surface area contributed by atoms with Crippen LogP contribution in [0.1, 0.15) is 18.7 Å². The van der Waals surface area contributed by atoms with Crippen LogP contribution in [0.15, 0.2) is 30.3 Å². The van der Waals surface area contributed by atoms with E-state index in [2.05, 4.69) is 5.10 Å². The summed E-state index contributed by atoms with van der Waals surface area (Å²) in [6.07, 6.45) is 0. The molecule has 0 radical (unpaired) electrons. The summed E-state index contributed by atoms with van der Waals surface area (Å²) in [5, 5.41) is 4.39. The largest absolute Gasteiger partial charge is 0.497 e. The number of methoxy groups -OCH3 is 1. The molecule has 1 aromatic heterocycles. The first-order valence-corrected chi connectivity index (χ1v) is 5.55. The Bertz CT molecular complexity index is 517. The lowest BCUT2D eigenvalue weighted by atomic mass is 10.1. The van der Waals surface area contributed by atoms with Gasteiger partial charge in [0.25, 0.3) is 0 Å². The Morgan fingerprint density at radius 3 is 2.71 bits per heavy atom. The maximum atomic E-state index is 5.83. The van der Waals surface area contributed by atoms with E-state index in [9.17, 15) is 0 Å². The predicted octanol–water partition coefficient (Wildman–Crippen LogP) is 2.12. The number of ether oxygens (including phenoxy) is 1. The summed E-state index contributed by atoms with van der Waals surface area (Å²) < 4.78 is 7.06. The molecular formula is C13H17N3O. The molecule has 2 rings (SSSR count). The van der Waals surface area contributed by atoms with Gasteiger partial charge in [-0.25, -0.2) is 0 Å². The molecule has 0 aliphatic rings. The highest BCUT2D eigenvalue weighted by Crippen LogP contribution is 2.25. The zero-order valence-corrected chi connectivity index (χ0v) is 10.3. The van der Waals surface area contributed by atoms with E-state index in [4.69, 9.17) is 10.5 Å². The molecule has 0 aliphatic carbocycles. The lowest BCUT2D eigenvalue weighted by Gasteiger charge is -2.04. The third-order valence-corrected chi connectivity index (χ3v) is 2.73. The molecule has 0 bridgehead atoms. The number of nitrogens with two attached hydrogens (primary N) is 1. The molecule has 0 aliphatic heterocycles. The molecule has 1 unspecified atom stereocenters. The molecular weight excluding hydrogens is 214 g/mol. The van der Waals surface area contributed by atoms with Gasteiger partial charge in [0.05, 0.1) is 18.5 Å². The SMILES string of the molecule is COc1cccc(-c2cc(C(C)N)nn2C)c1. The monoisotopic (exact) mass is 231 g/mol. The Balaban J connectivity index is 2.45. The van der Waals surface area contributed by atoms with Gasteiger partial charge in [-0.1, -0.05) is 12.1 Å². The molecule has 4 nitrogen and oxygen atoms in total. The molecule has 0 amide bonds. The Kier molecular flexibility index (Phi) is 3.15. The molecule has 0 saturated carbocycles. The van der Waals surface area contributed by atoms with Gasteiger partial charge in [0, 0.05) is 18.7 Å². The van der Waals surface area contributed by atoms with Gasteiger partial charge in [0.15, 0.2) is 0 Å². The van der Waals surface area contributed by atoms with Gasteiger partial charge in [-0.15, -0.1) is 0 Å². The minimum absolute atomic E-state index is 0.0550. The third-order valence-electron chi connectivity index (χ3n) is 2.73. The van der Waals surface area contributed by atoms with Crippen molar-refractivity contribution in [3.63, 3.8) is 0 Å². The molecule has 1 aromatic carbocycles. The van der Waals surface area contributed by atoms with Gasteiger partial charge in [0.2, 0.25) is 0 Å². The van der Waals surface area contributed by atoms with E-state index in [1.807, 2.05) is 49.0 Å². The quantitative estimate of drug-likeness (QED) is 0.880. The van der Waals surface area contributed by atoms with Crippen LogP contribution in [-0.2, 0) is 7.05 Å². The number of hydrogen-bond donors (Lipinski definition) is 1. The van der Waals surface area contributed by atoms with E-state index in [-0.39, 0.29) is 6.04 Å². The number of hydrogen-bond acceptors (Lipinski definition) is 3. The standard InChI is InChI=1S/C13H17N3O/c1-9(14)12-8-13(16(2)15-12)10-5-4-6-11(7-10)17-3/h4-9H,14H2,1-3H3. The Morgan fingerprint density at radius 1 is 1.35 bits per heavy atom. The molecule has 1 heterocycles. The zero-order valence-electron chi connectivity index (χ0n) is 10.3. The van der Waals surface area contributed by atoms with Crippen molar-refractivity contribution in [2.75, 3.05) is 7.11 Å². The van der Waals surface area contributed by atoms with Crippen LogP contribution in [0.5, 0.6) is 5.75 Å². The van der Waals surface area contributed by atoms with Crippen LogP contribution in [-0.4, -0.2) is 16.9 Å². The minimum atomic E-state index is -0.0550. The average molecular weight is 231 g/mol. The van der Waals surface area contributed by atoms with Gasteiger partial charge < -0.3 is 10.5 Å². The molecule has 2 aromatic rings. The number of nitrogens with zero attached hydrogens (tertiary/aromatic N) is 2. The van der Waals surface area contributed by atoms with Crippen LogP contribution in [0.3, 0.4) is 0 Å². The van der Waals surface area contributed by atoms with E-state index in [0.29, 0.717) is 0 Å². The van der Waals surface area contributed by atoms with Gasteiger partial charge in [-0.2, -0.15) is 5.10 Å². The van der Waals surface area contributed by atoms with Crippen LogP contribution in [0.2, 0.25) is 0 Å². The minimum Gasteiger partial charge on any atom is -0.497 e. The Morgan fingerprint density at radius 2 is 2.12 bits per heavy atom. The van der Waals surface area contributed by atoms with Crippen LogP contribution in [0.25, 0.3) is 11.3 Å². The molecule has 0 fully saturated rings. The maximum absolute atomic E-state index is 5.83. The van der Waals surface area contributed by atoms with Gasteiger partial charge in [-0.05, 0) is 25.1 Å². The van der Waals surface area contributed by atoms with E-state index >= 15 is 0 Å². The fourth-order valence-electron chi connectivity index (χ4n) is 1.76. The van der Waals surface area contributed by atoms with Crippen molar-refractivity contribution >= 4 is 0 Å². The van der Waals surface area contributed by atoms with Gasteiger partial charge in [-0.3, -0.25) is 4.68 Å². The van der Waals surface area contributed by atoms with Crippen molar-refractivity contribution in [1.29, 1.82) is 0 Å². The Labute approximate surface area is 101 Å². The smallest absolute Gasteiger partial charge is 0.119 e. The molecule has 0 saturated heterocycles. The topological polar surface area (TPSA) is 53.1 Å². The van der Waals surface area contributed by atoms with Crippen molar-refractivity contribution in [2.24, 2.45) is 12.8 Å². The maximum Gasteiger partial charge on any atom is 0.119 e. The predicted molar refractivity (Wildman–Crippen MR) is 67.8 cm³/mol. The summed E-state index contributed by atoms with van der Waals surface area (Å²) in [5.74, 6) is 0.839. The third kappa shape index (κ3) is 2.31. The van der Waals surface area contributed by atoms with Crippen molar-refractivity contribution < 1.29 is 4.74 Å². The summed E-state index contributed by atoms with van der Waals surface area (Å²) in [6.45, 7) is 1.93. The normalized spacial score (nSPS) is 12.5. The summed E-state index contributed by atoms with van der Waals surface area (Å²) >= 11 is 0. The first-order valence-electron chi connectivity index (χ1n) is 5.55. The fourth-order valence-corrected chi connectivity index (χ4v) is 1.76. The lowest BCUT2D eigenvalue weighted by molar-refractivity contribution is 0.415. The second kappa shape index (κ2) is 4.59. The molecule has 1 atom stereocenters. The summed E-state index contributed by atoms with van der Waals surface area (Å²) in [4.78, 5) is 0. The van der Waals surface area contributed by atoms with E-state index in [1.54, 1.807) is 7.11 Å². The highest BCUT2D eigenvalue weighted by atomic mass is 16.5. The lowest BCUT2D eigenvalue weighted by Crippen LogP contribution is -2.06. The van der Waals surface area contributed by atoms with Crippen molar-refractivity contribution in [3.8, 4) is 17.0 Å². The molecule has 17 heavy (non-hydrogen) atoms. The van der Waals surface area contributed by atoms with Crippen LogP contribution in [0, 0.1) is 0 Å². The van der Waals surface area contributed by atoms with Crippen molar-refractivity contribution in [3.05, 3.63) is 36.0 Å². The number of benzene rings is 1. The van der Waals surface area contributed by atoms with E-state index in [0.717, 1.165) is 22.7 Å². The summed E-state index contributed by atoms with van der Waals surface area (Å²) in [5.41, 5.74) is 8.84. The van der Waals surface area contributed by atoms with Crippen molar-refractivity contribution in [1.82, 2.24) is 9.78 Å². The molecule has 90 valence electrons. The van der Waals surface area contributed by atoms with Crippen LogP contribution >= 0.6 is 0 Å². The zero-order chi connectivity index (χ0) is 12.4. The van der Waals surface area contributed by atoms with Crippen LogP contribution in [0.4, 0.5) is 0 Å². The highest BCUT2D eigenvalue weighted by molar-refractivity contribution is 5.62. The molecule has 4 heteroatoms. The van der Waals surface area contributed by atoms with Gasteiger partial charge in [0.1, 0.15) is 5.75 Å². The fraction of sp³-hybridized carbons (Fsp3) is 0.308. The van der Waals surface area contributed by atoms with Crippen molar-refractivity contribution in [2.45, 2.75) is 13.0 Å². The first kappa shape index (κ1) is 11.7. The second-order valence-electron chi connectivity index (χ2n) is 4.10. The van der Waals surface area contributed by atoms with Gasteiger partial charge >= 0.3 is 0 Å². The number of rotatable bonds is 3. The molecule has 0 spiro atoms. The number of aryl methyl sites for hydroxylation is 1. The molecule has 2 N–H and O–H groups in total. The summed E-state index contributed by atoms with van der Waals surface area (Å²) in [7, 11) is 3.58. The summed E-state index contributed by atoms with van der Waals surface area (Å²) in [6, 6.07) is 9.87. The van der Waals surface area contributed by atoms with E-state index < -0.39 is 0 Å². The first-order chi connectivity index (χ1) is 8.11. The van der Waals surface area contributed by atoms with E-state index in [1.165, 1.54) is 0 Å². The number of aromatic nitrogens is 2. The Hall–Kier alpha value is -1.81. The van der Waals surface area contributed by atoms with Crippen LogP contribution < -0.4 is 10.5 Å².